The molecule has 3 rings (SSSR count). The number of ether oxygens (including phenoxy) is 2. The Balaban J connectivity index is 0.00000225. The molecule has 0 fully saturated rings. The third kappa shape index (κ3) is 3.93. The zero-order valence-electron chi connectivity index (χ0n) is 13.9. The van der Waals surface area contributed by atoms with Crippen molar-refractivity contribution >= 4 is 29.0 Å². The lowest BCUT2D eigenvalue weighted by molar-refractivity contribution is 0.414. The van der Waals surface area contributed by atoms with Crippen LogP contribution in [0.2, 0.25) is 0 Å². The molecular weight excluding hydrogens is 338 g/mol. The maximum absolute atomic E-state index is 9.38. The highest BCUT2D eigenvalue weighted by Gasteiger charge is 2.10. The van der Waals surface area contributed by atoms with Gasteiger partial charge in [0, 0.05) is 24.2 Å². The van der Waals surface area contributed by atoms with E-state index in [1.165, 1.54) is 0 Å². The number of hydrogen-bond acceptors (Lipinski definition) is 5. The molecule has 0 aliphatic heterocycles. The predicted molar refractivity (Wildman–Crippen MR) is 101 cm³/mol. The van der Waals surface area contributed by atoms with Crippen molar-refractivity contribution in [2.75, 3.05) is 19.5 Å². The molecule has 0 unspecified atom stereocenters. The van der Waals surface area contributed by atoms with Crippen LogP contribution in [-0.4, -0.2) is 19.2 Å². The highest BCUT2D eigenvalue weighted by Crippen LogP contribution is 2.29. The molecule has 0 aliphatic rings. The van der Waals surface area contributed by atoms with E-state index in [0.717, 1.165) is 33.7 Å². The summed E-state index contributed by atoms with van der Waals surface area (Å²) >= 11 is 0. The Hall–Kier alpha value is -2.97. The second-order valence-electron chi connectivity index (χ2n) is 5.25. The van der Waals surface area contributed by atoms with Gasteiger partial charge in [-0.2, -0.15) is 5.26 Å². The molecule has 5 nitrogen and oxygen atoms in total. The van der Waals surface area contributed by atoms with E-state index in [1.54, 1.807) is 20.4 Å². The van der Waals surface area contributed by atoms with Crippen molar-refractivity contribution in [2.45, 2.75) is 6.54 Å². The summed E-state index contributed by atoms with van der Waals surface area (Å²) in [6.45, 7) is 0.580. The predicted octanol–water partition coefficient (Wildman–Crippen LogP) is 4.16. The molecule has 6 heteroatoms. The summed E-state index contributed by atoms with van der Waals surface area (Å²) in [6, 6.07) is 15.6. The van der Waals surface area contributed by atoms with Crippen LogP contribution in [0.25, 0.3) is 10.9 Å². The molecule has 0 bridgehead atoms. The van der Waals surface area contributed by atoms with Crippen molar-refractivity contribution < 1.29 is 9.47 Å². The van der Waals surface area contributed by atoms with Crippen LogP contribution in [0.1, 0.15) is 11.1 Å². The Morgan fingerprint density at radius 2 is 1.84 bits per heavy atom. The zero-order chi connectivity index (χ0) is 16.9. The highest BCUT2D eigenvalue weighted by molar-refractivity contribution is 5.94. The number of fused-ring (bicyclic) bond motifs is 1. The summed E-state index contributed by atoms with van der Waals surface area (Å²) < 4.78 is 10.5. The topological polar surface area (TPSA) is 67.2 Å². The number of anilines is 1. The van der Waals surface area contributed by atoms with Gasteiger partial charge in [0.15, 0.2) is 0 Å². The Bertz CT molecular complexity index is 922. The Morgan fingerprint density at radius 1 is 1.08 bits per heavy atom. The van der Waals surface area contributed by atoms with Crippen molar-refractivity contribution in [2.24, 2.45) is 0 Å². The third-order valence-electron chi connectivity index (χ3n) is 3.80. The van der Waals surface area contributed by atoms with E-state index < -0.39 is 0 Å². The molecule has 25 heavy (non-hydrogen) atoms. The van der Waals surface area contributed by atoms with Gasteiger partial charge >= 0.3 is 0 Å². The van der Waals surface area contributed by atoms with E-state index >= 15 is 0 Å². The SMILES string of the molecule is COc1cccc(CNc2c(C#N)cnc3cc(OC)ccc23)c1.Cl. The third-order valence-corrected chi connectivity index (χ3v) is 3.80. The Labute approximate surface area is 152 Å². The number of methoxy groups -OCH3 is 2. The second kappa shape index (κ2) is 8.22. The number of pyridine rings is 1. The van der Waals surface area contributed by atoms with Gasteiger partial charge in [-0.15, -0.1) is 12.4 Å². The zero-order valence-corrected chi connectivity index (χ0v) is 14.8. The molecule has 128 valence electrons. The summed E-state index contributed by atoms with van der Waals surface area (Å²) in [5.41, 5.74) is 3.13. The quantitative estimate of drug-likeness (QED) is 0.744. The first kappa shape index (κ1) is 18.4. The van der Waals surface area contributed by atoms with Crippen LogP contribution < -0.4 is 14.8 Å². The van der Waals surface area contributed by atoms with Crippen LogP contribution in [0, 0.1) is 11.3 Å². The molecule has 0 amide bonds. The Kier molecular flexibility index (Phi) is 6.04. The number of rotatable bonds is 5. The molecule has 0 saturated carbocycles. The minimum Gasteiger partial charge on any atom is -0.497 e. The van der Waals surface area contributed by atoms with Crippen molar-refractivity contribution in [3.8, 4) is 17.6 Å². The fourth-order valence-electron chi connectivity index (χ4n) is 2.55. The van der Waals surface area contributed by atoms with Gasteiger partial charge in [0.25, 0.3) is 0 Å². The maximum atomic E-state index is 9.38. The van der Waals surface area contributed by atoms with Crippen molar-refractivity contribution in [1.29, 1.82) is 5.26 Å². The molecule has 3 aromatic rings. The van der Waals surface area contributed by atoms with Gasteiger partial charge in [-0.05, 0) is 29.8 Å². The van der Waals surface area contributed by atoms with Gasteiger partial charge in [-0.25, -0.2) is 0 Å². The van der Waals surface area contributed by atoms with Gasteiger partial charge in [-0.1, -0.05) is 12.1 Å². The van der Waals surface area contributed by atoms with E-state index in [4.69, 9.17) is 9.47 Å². The molecule has 0 aliphatic carbocycles. The first-order valence-electron chi connectivity index (χ1n) is 7.49. The van der Waals surface area contributed by atoms with Crippen molar-refractivity contribution in [3.63, 3.8) is 0 Å². The molecule has 0 atom stereocenters. The van der Waals surface area contributed by atoms with E-state index in [9.17, 15) is 5.26 Å². The number of benzene rings is 2. The molecular formula is C19H18ClN3O2. The van der Waals surface area contributed by atoms with Crippen LogP contribution in [0.3, 0.4) is 0 Å². The number of hydrogen-bond donors (Lipinski definition) is 1. The highest BCUT2D eigenvalue weighted by atomic mass is 35.5. The van der Waals surface area contributed by atoms with Gasteiger partial charge in [-0.3, -0.25) is 4.98 Å². The van der Waals surface area contributed by atoms with Crippen LogP contribution in [0.15, 0.2) is 48.7 Å². The largest absolute Gasteiger partial charge is 0.497 e. The lowest BCUT2D eigenvalue weighted by Crippen LogP contribution is -2.03. The summed E-state index contributed by atoms with van der Waals surface area (Å²) in [4.78, 5) is 4.34. The number of aromatic nitrogens is 1. The molecule has 0 radical (unpaired) electrons. The summed E-state index contributed by atoms with van der Waals surface area (Å²) in [5, 5.41) is 13.6. The first-order valence-corrected chi connectivity index (χ1v) is 7.49. The molecule has 1 aromatic heterocycles. The van der Waals surface area contributed by atoms with E-state index in [2.05, 4.69) is 16.4 Å². The minimum absolute atomic E-state index is 0. The lowest BCUT2D eigenvalue weighted by Gasteiger charge is -2.12. The van der Waals surface area contributed by atoms with Crippen LogP contribution in [0.5, 0.6) is 11.5 Å². The molecule has 1 N–H and O–H groups in total. The number of nitriles is 1. The maximum Gasteiger partial charge on any atom is 0.121 e. The number of nitrogens with one attached hydrogen (secondary N) is 1. The van der Waals surface area contributed by atoms with Gasteiger partial charge in [0.2, 0.25) is 0 Å². The molecule has 0 saturated heterocycles. The summed E-state index contributed by atoms with van der Waals surface area (Å²) in [5.74, 6) is 1.54. The van der Waals surface area contributed by atoms with Gasteiger partial charge < -0.3 is 14.8 Å². The van der Waals surface area contributed by atoms with Crippen LogP contribution >= 0.6 is 12.4 Å². The van der Waals surface area contributed by atoms with E-state index in [1.807, 2.05) is 42.5 Å². The second-order valence-corrected chi connectivity index (χ2v) is 5.25. The fourth-order valence-corrected chi connectivity index (χ4v) is 2.55. The number of halogens is 1. The molecule has 0 spiro atoms. The monoisotopic (exact) mass is 355 g/mol. The van der Waals surface area contributed by atoms with Gasteiger partial charge in [0.1, 0.15) is 17.6 Å². The number of nitrogens with zero attached hydrogens (tertiary/aromatic N) is 2. The van der Waals surface area contributed by atoms with Gasteiger partial charge in [0.05, 0.1) is 31.0 Å². The first-order chi connectivity index (χ1) is 11.7. The van der Waals surface area contributed by atoms with E-state index in [-0.39, 0.29) is 12.4 Å². The standard InChI is InChI=1S/C19H17N3O2.ClH/c1-23-15-5-3-4-13(8-15)11-22-19-14(10-20)12-21-18-9-16(24-2)6-7-17(18)19;/h3-9,12H,11H2,1-2H3,(H,21,22);1H. The fraction of sp³-hybridized carbons (Fsp3) is 0.158. The smallest absolute Gasteiger partial charge is 0.121 e. The lowest BCUT2D eigenvalue weighted by atomic mass is 10.1. The van der Waals surface area contributed by atoms with Crippen molar-refractivity contribution in [3.05, 3.63) is 59.8 Å². The van der Waals surface area contributed by atoms with Crippen LogP contribution in [-0.2, 0) is 6.54 Å². The Morgan fingerprint density at radius 3 is 2.56 bits per heavy atom. The van der Waals surface area contributed by atoms with Crippen LogP contribution in [0.4, 0.5) is 5.69 Å². The summed E-state index contributed by atoms with van der Waals surface area (Å²) in [7, 11) is 3.26. The van der Waals surface area contributed by atoms with E-state index in [0.29, 0.717) is 12.1 Å². The molecule has 1 heterocycles. The average Bonchev–Trinajstić information content (AvgIpc) is 2.65. The summed E-state index contributed by atoms with van der Waals surface area (Å²) in [6.07, 6.45) is 1.58. The average molecular weight is 356 g/mol. The minimum atomic E-state index is 0. The normalized spacial score (nSPS) is 9.80. The molecule has 2 aromatic carbocycles. The van der Waals surface area contributed by atoms with Crippen molar-refractivity contribution in [1.82, 2.24) is 4.98 Å².